The number of benzene rings is 2. The van der Waals surface area contributed by atoms with Gasteiger partial charge in [0.15, 0.2) is 0 Å². The van der Waals surface area contributed by atoms with Crippen molar-refractivity contribution in [3.05, 3.63) is 68.7 Å². The van der Waals surface area contributed by atoms with E-state index in [0.29, 0.717) is 5.92 Å². The Bertz CT molecular complexity index is 594. The first-order valence-corrected chi connectivity index (χ1v) is 9.28. The van der Waals surface area contributed by atoms with Crippen LogP contribution in [0.25, 0.3) is 0 Å². The molecule has 0 radical (unpaired) electrons. The first-order chi connectivity index (χ1) is 10.0. The average Bonchev–Trinajstić information content (AvgIpc) is 2.43. The first kappa shape index (κ1) is 16.8. The zero-order chi connectivity index (χ0) is 15.4. The summed E-state index contributed by atoms with van der Waals surface area (Å²) in [6.07, 6.45) is 2.23. The highest BCUT2D eigenvalue weighted by Crippen LogP contribution is 2.25. The van der Waals surface area contributed by atoms with Gasteiger partial charge in [0.1, 0.15) is 0 Å². The monoisotopic (exact) mass is 408 g/mol. The summed E-state index contributed by atoms with van der Waals surface area (Å²) in [7, 11) is 0. The van der Waals surface area contributed by atoms with Crippen molar-refractivity contribution in [1.29, 1.82) is 0 Å². The van der Waals surface area contributed by atoms with Crippen molar-refractivity contribution in [3.63, 3.8) is 0 Å². The summed E-state index contributed by atoms with van der Waals surface area (Å²) in [5, 5.41) is 1.03. The summed E-state index contributed by atoms with van der Waals surface area (Å²) in [5.74, 6) is 0.615. The van der Waals surface area contributed by atoms with Crippen LogP contribution in [0.1, 0.15) is 27.8 Å². The minimum Gasteiger partial charge on any atom is -0.0925 e. The van der Waals surface area contributed by atoms with Gasteiger partial charge in [0.2, 0.25) is 0 Å². The summed E-state index contributed by atoms with van der Waals surface area (Å²) in [6, 6.07) is 13.1. The van der Waals surface area contributed by atoms with Crippen molar-refractivity contribution in [2.75, 3.05) is 5.33 Å². The van der Waals surface area contributed by atoms with Crippen molar-refractivity contribution < 1.29 is 0 Å². The molecule has 0 aliphatic rings. The van der Waals surface area contributed by atoms with Crippen LogP contribution in [0.15, 0.2) is 40.9 Å². The normalized spacial score (nSPS) is 12.4. The minimum absolute atomic E-state index is 0.615. The van der Waals surface area contributed by atoms with Crippen molar-refractivity contribution >= 4 is 31.9 Å². The molecule has 0 N–H and O–H groups in total. The predicted octanol–water partition coefficient (Wildman–Crippen LogP) is 6.17. The van der Waals surface area contributed by atoms with Crippen molar-refractivity contribution in [2.24, 2.45) is 5.92 Å². The molecule has 112 valence electrons. The fraction of sp³-hybridized carbons (Fsp3) is 0.368. The summed E-state index contributed by atoms with van der Waals surface area (Å²) < 4.78 is 1.22. The lowest BCUT2D eigenvalue weighted by Gasteiger charge is -2.19. The lowest BCUT2D eigenvalue weighted by molar-refractivity contribution is 0.586. The van der Waals surface area contributed by atoms with E-state index in [0.717, 1.165) is 18.2 Å². The Morgan fingerprint density at radius 1 is 0.952 bits per heavy atom. The largest absolute Gasteiger partial charge is 0.0925 e. The Balaban J connectivity index is 2.19. The molecule has 1 atom stereocenters. The Hall–Kier alpha value is -0.600. The second-order valence-corrected chi connectivity index (χ2v) is 7.40. The van der Waals surface area contributed by atoms with E-state index in [9.17, 15) is 0 Å². The van der Waals surface area contributed by atoms with Crippen LogP contribution in [0.4, 0.5) is 0 Å². The van der Waals surface area contributed by atoms with Gasteiger partial charge < -0.3 is 0 Å². The molecule has 0 bridgehead atoms. The maximum Gasteiger partial charge on any atom is 0.0207 e. The maximum absolute atomic E-state index is 3.70. The van der Waals surface area contributed by atoms with Crippen LogP contribution < -0.4 is 0 Å². The molecule has 2 heteroatoms. The van der Waals surface area contributed by atoms with E-state index in [1.165, 1.54) is 32.3 Å². The zero-order valence-electron chi connectivity index (χ0n) is 12.9. The molecule has 0 fully saturated rings. The minimum atomic E-state index is 0.615. The number of rotatable bonds is 5. The fourth-order valence-corrected chi connectivity index (χ4v) is 3.88. The molecular weight excluding hydrogens is 388 g/mol. The predicted molar refractivity (Wildman–Crippen MR) is 99.5 cm³/mol. The van der Waals surface area contributed by atoms with Gasteiger partial charge in [-0.1, -0.05) is 67.8 Å². The topological polar surface area (TPSA) is 0 Å². The highest BCUT2D eigenvalue weighted by Gasteiger charge is 2.14. The fourth-order valence-electron chi connectivity index (χ4n) is 2.98. The molecule has 0 spiro atoms. The third kappa shape index (κ3) is 4.43. The van der Waals surface area contributed by atoms with Gasteiger partial charge in [-0.25, -0.2) is 0 Å². The summed E-state index contributed by atoms with van der Waals surface area (Å²) >= 11 is 7.37. The van der Waals surface area contributed by atoms with E-state index in [4.69, 9.17) is 0 Å². The van der Waals surface area contributed by atoms with Gasteiger partial charge in [-0.05, 0) is 67.9 Å². The average molecular weight is 410 g/mol. The van der Waals surface area contributed by atoms with Crippen molar-refractivity contribution in [3.8, 4) is 0 Å². The second-order valence-electron chi connectivity index (χ2n) is 5.90. The van der Waals surface area contributed by atoms with Crippen LogP contribution in [0, 0.1) is 26.7 Å². The van der Waals surface area contributed by atoms with Crippen molar-refractivity contribution in [1.82, 2.24) is 0 Å². The van der Waals surface area contributed by atoms with E-state index in [1.807, 2.05) is 0 Å². The molecule has 0 nitrogen and oxygen atoms in total. The zero-order valence-corrected chi connectivity index (χ0v) is 16.1. The molecule has 0 saturated carbocycles. The Labute approximate surface area is 145 Å². The molecule has 0 heterocycles. The van der Waals surface area contributed by atoms with Crippen LogP contribution in [0.5, 0.6) is 0 Å². The van der Waals surface area contributed by atoms with E-state index in [2.05, 4.69) is 89.0 Å². The third-order valence-electron chi connectivity index (χ3n) is 4.02. The third-order valence-corrected chi connectivity index (χ3v) is 5.71. The van der Waals surface area contributed by atoms with E-state index >= 15 is 0 Å². The Kier molecular flexibility index (Phi) is 6.07. The second kappa shape index (κ2) is 7.60. The van der Waals surface area contributed by atoms with E-state index in [1.54, 1.807) is 0 Å². The number of hydrogen-bond donors (Lipinski definition) is 0. The highest BCUT2D eigenvalue weighted by molar-refractivity contribution is 9.10. The molecule has 1 unspecified atom stereocenters. The number of aryl methyl sites for hydroxylation is 3. The van der Waals surface area contributed by atoms with Crippen LogP contribution in [0.3, 0.4) is 0 Å². The number of halogens is 2. The standard InChI is InChI=1S/C19H22Br2/c1-13-8-14(2)18(15(3)9-13)11-16(12-20)10-17-6-4-5-7-19(17)21/h4-9,16H,10-12H2,1-3H3. The van der Waals surface area contributed by atoms with Gasteiger partial charge in [-0.3, -0.25) is 0 Å². The molecule has 0 amide bonds. The first-order valence-electron chi connectivity index (χ1n) is 7.37. The number of hydrogen-bond acceptors (Lipinski definition) is 0. The molecule has 0 aliphatic heterocycles. The Morgan fingerprint density at radius 2 is 1.57 bits per heavy atom. The van der Waals surface area contributed by atoms with Gasteiger partial charge in [-0.2, -0.15) is 0 Å². The molecule has 2 aromatic carbocycles. The Morgan fingerprint density at radius 3 is 2.14 bits per heavy atom. The molecule has 0 saturated heterocycles. The molecule has 0 aliphatic carbocycles. The van der Waals surface area contributed by atoms with Crippen LogP contribution in [-0.2, 0) is 12.8 Å². The quantitative estimate of drug-likeness (QED) is 0.518. The summed E-state index contributed by atoms with van der Waals surface area (Å²) in [4.78, 5) is 0. The van der Waals surface area contributed by atoms with Crippen LogP contribution in [-0.4, -0.2) is 5.33 Å². The molecular formula is C19H22Br2. The van der Waals surface area contributed by atoms with E-state index < -0.39 is 0 Å². The lowest BCUT2D eigenvalue weighted by atomic mass is 9.89. The molecule has 21 heavy (non-hydrogen) atoms. The van der Waals surface area contributed by atoms with Gasteiger partial charge in [0.25, 0.3) is 0 Å². The maximum atomic E-state index is 3.70. The van der Waals surface area contributed by atoms with Crippen molar-refractivity contribution in [2.45, 2.75) is 33.6 Å². The SMILES string of the molecule is Cc1cc(C)c(CC(CBr)Cc2ccccc2Br)c(C)c1. The molecule has 0 aromatic heterocycles. The van der Waals surface area contributed by atoms with Crippen LogP contribution in [0.2, 0.25) is 0 Å². The van der Waals surface area contributed by atoms with Gasteiger partial charge in [0.05, 0.1) is 0 Å². The van der Waals surface area contributed by atoms with Gasteiger partial charge in [-0.15, -0.1) is 0 Å². The molecule has 2 rings (SSSR count). The van der Waals surface area contributed by atoms with E-state index in [-0.39, 0.29) is 0 Å². The molecule has 2 aromatic rings. The summed E-state index contributed by atoms with van der Waals surface area (Å²) in [5.41, 5.74) is 7.10. The lowest BCUT2D eigenvalue weighted by Crippen LogP contribution is -2.12. The number of alkyl halides is 1. The highest BCUT2D eigenvalue weighted by atomic mass is 79.9. The summed E-state index contributed by atoms with van der Waals surface area (Å²) in [6.45, 7) is 6.64. The smallest absolute Gasteiger partial charge is 0.0207 e. The van der Waals surface area contributed by atoms with Gasteiger partial charge >= 0.3 is 0 Å². The van der Waals surface area contributed by atoms with Gasteiger partial charge in [0, 0.05) is 9.80 Å². The van der Waals surface area contributed by atoms with Crippen LogP contribution >= 0.6 is 31.9 Å².